The Kier molecular flexibility index (Phi) is 4.69. The Labute approximate surface area is 143 Å². The number of hydrogen-bond acceptors (Lipinski definition) is 4. The van der Waals surface area contributed by atoms with E-state index in [0.29, 0.717) is 33.7 Å². The second-order valence-electron chi connectivity index (χ2n) is 5.18. The summed E-state index contributed by atoms with van der Waals surface area (Å²) in [7, 11) is 1.60. The van der Waals surface area contributed by atoms with E-state index in [1.54, 1.807) is 43.6 Å². The van der Waals surface area contributed by atoms with Gasteiger partial charge in [-0.05, 0) is 35.1 Å². The van der Waals surface area contributed by atoms with Crippen molar-refractivity contribution in [1.82, 2.24) is 4.73 Å². The summed E-state index contributed by atoms with van der Waals surface area (Å²) in [6.07, 6.45) is 3.57. The van der Waals surface area contributed by atoms with Gasteiger partial charge in [0.15, 0.2) is 0 Å². The van der Waals surface area contributed by atoms with Gasteiger partial charge in [0.25, 0.3) is 0 Å². The predicted octanol–water partition coefficient (Wildman–Crippen LogP) is 2.39. The number of methoxy groups -OCH3 is 1. The Hall–Kier alpha value is -2.57. The summed E-state index contributed by atoms with van der Waals surface area (Å²) in [5.74, 6) is -0.600. The summed E-state index contributed by atoms with van der Waals surface area (Å²) in [6, 6.07) is 9.87. The van der Waals surface area contributed by atoms with Crippen LogP contribution >= 0.6 is 11.6 Å². The molecule has 3 aromatic rings. The van der Waals surface area contributed by atoms with Crippen molar-refractivity contribution in [2.24, 2.45) is 0 Å². The normalized spacial score (nSPS) is 10.9. The lowest BCUT2D eigenvalue weighted by Gasteiger charge is -2.05. The quantitative estimate of drug-likeness (QED) is 0.525. The molecule has 2 heterocycles. The highest BCUT2D eigenvalue weighted by Gasteiger charge is 2.21. The van der Waals surface area contributed by atoms with Gasteiger partial charge in [0.1, 0.15) is 6.20 Å². The van der Waals surface area contributed by atoms with Gasteiger partial charge in [-0.25, -0.2) is 9.52 Å². The molecule has 0 radical (unpaired) electrons. The van der Waals surface area contributed by atoms with Gasteiger partial charge in [-0.15, -0.1) is 0 Å². The minimum absolute atomic E-state index is 0.249. The van der Waals surface area contributed by atoms with E-state index in [2.05, 4.69) is 0 Å². The van der Waals surface area contributed by atoms with Crippen molar-refractivity contribution in [1.29, 1.82) is 0 Å². The zero-order valence-electron chi connectivity index (χ0n) is 12.9. The maximum atomic E-state index is 12.3. The molecular weight excluding hydrogens is 332 g/mol. The van der Waals surface area contributed by atoms with Crippen molar-refractivity contribution in [3.8, 4) is 0 Å². The summed E-state index contributed by atoms with van der Waals surface area (Å²) >= 11 is 5.89. The molecule has 1 aromatic carbocycles. The van der Waals surface area contributed by atoms with Gasteiger partial charge in [0.2, 0.25) is 0 Å². The minimum atomic E-state index is -0.600. The maximum Gasteiger partial charge on any atom is 0.388 e. The standard InChI is InChI=1S/C17H15ClN2O4/c1-23-9-7-13-11-20(16-15(13)6-3-8-19(16)22)24-17(21)12-4-2-5-14(18)10-12/h2-6,8,10-11H,7,9H2,1H3. The third-order valence-electron chi connectivity index (χ3n) is 3.58. The van der Waals surface area contributed by atoms with Gasteiger partial charge in [-0.3, -0.25) is 4.84 Å². The molecule has 7 heteroatoms. The SMILES string of the molecule is COCCc1cn(OC(=O)c2cccc(Cl)c2)c2c1ccc[n+]2[O-]. The predicted molar refractivity (Wildman–Crippen MR) is 88.8 cm³/mol. The molecule has 24 heavy (non-hydrogen) atoms. The van der Waals surface area contributed by atoms with Crippen molar-refractivity contribution < 1.29 is 19.1 Å². The highest BCUT2D eigenvalue weighted by atomic mass is 35.5. The van der Waals surface area contributed by atoms with Crippen LogP contribution in [0.1, 0.15) is 15.9 Å². The minimum Gasteiger partial charge on any atom is -0.710 e. The molecule has 0 saturated heterocycles. The summed E-state index contributed by atoms with van der Waals surface area (Å²) in [4.78, 5) is 17.7. The number of pyridine rings is 1. The topological polar surface area (TPSA) is 67.4 Å². The highest BCUT2D eigenvalue weighted by Crippen LogP contribution is 2.19. The molecule has 0 N–H and O–H groups in total. The van der Waals surface area contributed by atoms with Gasteiger partial charge in [-0.1, -0.05) is 17.7 Å². The number of nitrogens with zero attached hydrogens (tertiary/aromatic N) is 2. The molecule has 6 nitrogen and oxygen atoms in total. The van der Waals surface area contributed by atoms with Crippen LogP contribution in [0.25, 0.3) is 11.0 Å². The number of ether oxygens (including phenoxy) is 1. The van der Waals surface area contributed by atoms with E-state index in [4.69, 9.17) is 21.2 Å². The number of rotatable bonds is 5. The fraction of sp³-hybridized carbons (Fsp3) is 0.176. The smallest absolute Gasteiger partial charge is 0.388 e. The third kappa shape index (κ3) is 3.20. The molecule has 0 fully saturated rings. The van der Waals surface area contributed by atoms with Crippen molar-refractivity contribution in [3.63, 3.8) is 0 Å². The average Bonchev–Trinajstić information content (AvgIpc) is 2.92. The fourth-order valence-corrected chi connectivity index (χ4v) is 2.65. The zero-order chi connectivity index (χ0) is 17.1. The van der Waals surface area contributed by atoms with Crippen LogP contribution in [0.4, 0.5) is 0 Å². The largest absolute Gasteiger partial charge is 0.710 e. The third-order valence-corrected chi connectivity index (χ3v) is 3.81. The van der Waals surface area contributed by atoms with E-state index < -0.39 is 5.97 Å². The summed E-state index contributed by atoms with van der Waals surface area (Å²) in [6.45, 7) is 0.495. The van der Waals surface area contributed by atoms with Crippen molar-refractivity contribution in [2.45, 2.75) is 6.42 Å². The second kappa shape index (κ2) is 6.90. The number of carbonyl (C=O) groups is 1. The van der Waals surface area contributed by atoms with E-state index in [0.717, 1.165) is 5.56 Å². The van der Waals surface area contributed by atoms with Gasteiger partial charge < -0.3 is 9.94 Å². The molecule has 0 aliphatic carbocycles. The van der Waals surface area contributed by atoms with Crippen LogP contribution in [0.15, 0.2) is 48.8 Å². The first kappa shape index (κ1) is 16.3. The van der Waals surface area contributed by atoms with Crippen LogP contribution in [0.5, 0.6) is 0 Å². The van der Waals surface area contributed by atoms with Gasteiger partial charge in [-0.2, -0.15) is 0 Å². The molecule has 0 aliphatic rings. The van der Waals surface area contributed by atoms with E-state index in [-0.39, 0.29) is 5.65 Å². The average molecular weight is 347 g/mol. The van der Waals surface area contributed by atoms with Crippen LogP contribution in [-0.4, -0.2) is 24.4 Å². The molecule has 0 saturated carbocycles. The number of fused-ring (bicyclic) bond motifs is 1. The lowest BCUT2D eigenvalue weighted by molar-refractivity contribution is -0.581. The van der Waals surface area contributed by atoms with E-state index >= 15 is 0 Å². The maximum absolute atomic E-state index is 12.3. The molecule has 2 aromatic heterocycles. The Bertz CT molecular complexity index is 891. The number of halogens is 1. The fourth-order valence-electron chi connectivity index (χ4n) is 2.46. The first-order valence-electron chi connectivity index (χ1n) is 7.29. The highest BCUT2D eigenvalue weighted by molar-refractivity contribution is 6.30. The molecule has 0 atom stereocenters. The van der Waals surface area contributed by atoms with Gasteiger partial charge in [0, 0.05) is 24.1 Å². The monoisotopic (exact) mass is 346 g/mol. The molecule has 3 rings (SSSR count). The Morgan fingerprint density at radius 1 is 1.33 bits per heavy atom. The number of benzene rings is 1. The van der Waals surface area contributed by atoms with Crippen molar-refractivity contribution in [2.75, 3.05) is 13.7 Å². The van der Waals surface area contributed by atoms with E-state index in [9.17, 15) is 10.0 Å². The van der Waals surface area contributed by atoms with Gasteiger partial charge in [0.05, 0.1) is 23.8 Å². The van der Waals surface area contributed by atoms with Crippen LogP contribution in [0.3, 0.4) is 0 Å². The Balaban J connectivity index is 1.98. The summed E-state index contributed by atoms with van der Waals surface area (Å²) < 4.78 is 6.94. The second-order valence-corrected chi connectivity index (χ2v) is 5.62. The van der Waals surface area contributed by atoms with Crippen molar-refractivity contribution >= 4 is 28.6 Å². The Morgan fingerprint density at radius 2 is 2.17 bits per heavy atom. The summed E-state index contributed by atoms with van der Waals surface area (Å²) in [5.41, 5.74) is 1.41. The zero-order valence-corrected chi connectivity index (χ0v) is 13.7. The first-order chi connectivity index (χ1) is 11.6. The van der Waals surface area contributed by atoms with E-state index in [1.165, 1.54) is 17.0 Å². The van der Waals surface area contributed by atoms with E-state index in [1.807, 2.05) is 0 Å². The lowest BCUT2D eigenvalue weighted by atomic mass is 10.2. The molecule has 0 bridgehead atoms. The van der Waals surface area contributed by atoms with Crippen LogP contribution in [0.2, 0.25) is 5.02 Å². The number of carbonyl (C=O) groups excluding carboxylic acids is 1. The van der Waals surface area contributed by atoms with Crippen molar-refractivity contribution in [3.05, 3.63) is 70.1 Å². The lowest BCUT2D eigenvalue weighted by Crippen LogP contribution is -2.31. The molecular formula is C17H15ClN2O4. The van der Waals surface area contributed by atoms with Crippen LogP contribution < -0.4 is 9.57 Å². The molecule has 0 amide bonds. The molecule has 0 unspecified atom stereocenters. The molecule has 124 valence electrons. The molecule has 0 aliphatic heterocycles. The van der Waals surface area contributed by atoms with Crippen LogP contribution in [0, 0.1) is 5.21 Å². The first-order valence-corrected chi connectivity index (χ1v) is 7.67. The van der Waals surface area contributed by atoms with Crippen LogP contribution in [-0.2, 0) is 11.2 Å². The Morgan fingerprint density at radius 3 is 2.92 bits per heavy atom. The summed E-state index contributed by atoms with van der Waals surface area (Å²) in [5, 5.41) is 13.3. The molecule has 0 spiro atoms. The number of hydrogen-bond donors (Lipinski definition) is 0. The van der Waals surface area contributed by atoms with Gasteiger partial charge >= 0.3 is 11.6 Å². The number of aromatic nitrogens is 2.